The predicted molar refractivity (Wildman–Crippen MR) is 65.2 cm³/mol. The average Bonchev–Trinajstić information content (AvgIpc) is 2.68. The third-order valence-electron chi connectivity index (χ3n) is 1.92. The summed E-state index contributed by atoms with van der Waals surface area (Å²) in [4.78, 5) is 0. The van der Waals surface area contributed by atoms with Gasteiger partial charge in [-0.05, 0) is 25.6 Å². The van der Waals surface area contributed by atoms with Gasteiger partial charge in [0.2, 0.25) is 0 Å². The molecule has 1 aromatic heterocycles. The van der Waals surface area contributed by atoms with Crippen LogP contribution in [0.5, 0.6) is 0 Å². The van der Waals surface area contributed by atoms with Crippen LogP contribution in [-0.2, 0) is 11.3 Å². The molecular formula is C10H17N3O2S. The second-order valence-electron chi connectivity index (χ2n) is 3.38. The molecule has 0 amide bonds. The molecule has 0 aliphatic carbocycles. The SMILES string of the molecule is COCCCNC(=S)NCc1cc(C)on1. The van der Waals surface area contributed by atoms with Gasteiger partial charge in [-0.15, -0.1) is 0 Å². The second-order valence-corrected chi connectivity index (χ2v) is 3.79. The molecule has 1 aromatic rings. The summed E-state index contributed by atoms with van der Waals surface area (Å²) in [5.41, 5.74) is 0.846. The van der Waals surface area contributed by atoms with Crippen LogP contribution in [-0.4, -0.2) is 30.5 Å². The van der Waals surface area contributed by atoms with E-state index in [2.05, 4.69) is 15.8 Å². The Morgan fingerprint density at radius 3 is 3.00 bits per heavy atom. The fraction of sp³-hybridized carbons (Fsp3) is 0.600. The van der Waals surface area contributed by atoms with Gasteiger partial charge < -0.3 is 19.9 Å². The van der Waals surface area contributed by atoms with Crippen molar-refractivity contribution in [1.29, 1.82) is 0 Å². The molecule has 0 unspecified atom stereocenters. The Morgan fingerprint density at radius 2 is 2.38 bits per heavy atom. The van der Waals surface area contributed by atoms with Crippen LogP contribution in [0.15, 0.2) is 10.6 Å². The molecule has 1 heterocycles. The number of ether oxygens (including phenoxy) is 1. The van der Waals surface area contributed by atoms with E-state index in [9.17, 15) is 0 Å². The van der Waals surface area contributed by atoms with Crippen LogP contribution in [0.4, 0.5) is 0 Å². The summed E-state index contributed by atoms with van der Waals surface area (Å²) in [5, 5.41) is 10.6. The molecule has 6 heteroatoms. The summed E-state index contributed by atoms with van der Waals surface area (Å²) >= 11 is 5.09. The van der Waals surface area contributed by atoms with Crippen molar-refractivity contribution in [2.75, 3.05) is 20.3 Å². The summed E-state index contributed by atoms with van der Waals surface area (Å²) in [6, 6.07) is 1.88. The number of methoxy groups -OCH3 is 1. The van der Waals surface area contributed by atoms with Crippen molar-refractivity contribution in [1.82, 2.24) is 15.8 Å². The number of nitrogens with one attached hydrogen (secondary N) is 2. The zero-order chi connectivity index (χ0) is 11.8. The molecule has 16 heavy (non-hydrogen) atoms. The first-order valence-corrected chi connectivity index (χ1v) is 5.56. The van der Waals surface area contributed by atoms with Crippen molar-refractivity contribution in [3.05, 3.63) is 17.5 Å². The van der Waals surface area contributed by atoms with Gasteiger partial charge in [0.15, 0.2) is 5.11 Å². The molecule has 0 atom stereocenters. The number of aromatic nitrogens is 1. The van der Waals surface area contributed by atoms with E-state index in [1.165, 1.54) is 0 Å². The highest BCUT2D eigenvalue weighted by atomic mass is 32.1. The first-order valence-electron chi connectivity index (χ1n) is 5.15. The fourth-order valence-corrected chi connectivity index (χ4v) is 1.33. The van der Waals surface area contributed by atoms with Gasteiger partial charge in [0, 0.05) is 26.3 Å². The highest BCUT2D eigenvalue weighted by Gasteiger charge is 2.00. The summed E-state index contributed by atoms with van der Waals surface area (Å²) in [7, 11) is 1.68. The normalized spacial score (nSPS) is 10.1. The first kappa shape index (κ1) is 12.9. The van der Waals surface area contributed by atoms with Crippen LogP contribution in [0, 0.1) is 6.92 Å². The minimum atomic E-state index is 0.577. The first-order chi connectivity index (χ1) is 7.72. The largest absolute Gasteiger partial charge is 0.385 e. The number of aryl methyl sites for hydroxylation is 1. The van der Waals surface area contributed by atoms with Gasteiger partial charge in [-0.2, -0.15) is 0 Å². The predicted octanol–water partition coefficient (Wildman–Crippen LogP) is 0.984. The Morgan fingerprint density at radius 1 is 1.56 bits per heavy atom. The standard InChI is InChI=1S/C10H17N3O2S/c1-8-6-9(13-15-8)7-12-10(16)11-4-3-5-14-2/h6H,3-5,7H2,1-2H3,(H2,11,12,16). The molecule has 0 bridgehead atoms. The minimum Gasteiger partial charge on any atom is -0.385 e. The lowest BCUT2D eigenvalue weighted by Gasteiger charge is -2.08. The van der Waals surface area contributed by atoms with Crippen LogP contribution in [0.1, 0.15) is 17.9 Å². The molecule has 90 valence electrons. The summed E-state index contributed by atoms with van der Waals surface area (Å²) < 4.78 is 9.87. The van der Waals surface area contributed by atoms with Crippen LogP contribution in [0.2, 0.25) is 0 Å². The van der Waals surface area contributed by atoms with Gasteiger partial charge in [-0.3, -0.25) is 0 Å². The van der Waals surface area contributed by atoms with Gasteiger partial charge in [0.05, 0.1) is 6.54 Å². The smallest absolute Gasteiger partial charge is 0.166 e. The van der Waals surface area contributed by atoms with Crippen molar-refractivity contribution < 1.29 is 9.26 Å². The van der Waals surface area contributed by atoms with Gasteiger partial charge >= 0.3 is 0 Å². The number of thiocarbonyl (C=S) groups is 1. The third-order valence-corrected chi connectivity index (χ3v) is 2.21. The Labute approximate surface area is 101 Å². The van der Waals surface area contributed by atoms with E-state index >= 15 is 0 Å². The molecule has 0 aromatic carbocycles. The lowest BCUT2D eigenvalue weighted by Crippen LogP contribution is -2.35. The van der Waals surface area contributed by atoms with Gasteiger partial charge in [-0.1, -0.05) is 5.16 Å². The van der Waals surface area contributed by atoms with Gasteiger partial charge in [-0.25, -0.2) is 0 Å². The number of nitrogens with zero attached hydrogens (tertiary/aromatic N) is 1. The maximum Gasteiger partial charge on any atom is 0.166 e. The van der Waals surface area contributed by atoms with E-state index in [-0.39, 0.29) is 0 Å². The third kappa shape index (κ3) is 5.09. The quantitative estimate of drug-likeness (QED) is 0.574. The monoisotopic (exact) mass is 243 g/mol. The molecule has 0 fully saturated rings. The van der Waals surface area contributed by atoms with Crippen molar-refractivity contribution >= 4 is 17.3 Å². The van der Waals surface area contributed by atoms with Crippen molar-refractivity contribution in [2.45, 2.75) is 19.9 Å². The van der Waals surface area contributed by atoms with Crippen LogP contribution >= 0.6 is 12.2 Å². The number of hydrogen-bond acceptors (Lipinski definition) is 4. The lowest BCUT2D eigenvalue weighted by atomic mass is 10.4. The second kappa shape index (κ2) is 7.19. The van der Waals surface area contributed by atoms with E-state index in [4.69, 9.17) is 21.5 Å². The van der Waals surface area contributed by atoms with E-state index in [0.29, 0.717) is 11.7 Å². The zero-order valence-electron chi connectivity index (χ0n) is 9.58. The maximum absolute atomic E-state index is 5.09. The maximum atomic E-state index is 5.09. The molecule has 0 saturated carbocycles. The summed E-state index contributed by atoms with van der Waals surface area (Å²) in [6.45, 7) is 3.97. The van der Waals surface area contributed by atoms with Gasteiger partial charge in [0.1, 0.15) is 11.5 Å². The van der Waals surface area contributed by atoms with E-state index in [1.54, 1.807) is 7.11 Å². The molecule has 0 radical (unpaired) electrons. The molecular weight excluding hydrogens is 226 g/mol. The summed E-state index contributed by atoms with van der Waals surface area (Å²) in [5.74, 6) is 0.802. The van der Waals surface area contributed by atoms with Crippen LogP contribution in [0.25, 0.3) is 0 Å². The Bertz CT molecular complexity index is 328. The van der Waals surface area contributed by atoms with Crippen LogP contribution < -0.4 is 10.6 Å². The molecule has 5 nitrogen and oxygen atoms in total. The fourth-order valence-electron chi connectivity index (χ4n) is 1.15. The molecule has 2 N–H and O–H groups in total. The Kier molecular flexibility index (Phi) is 5.81. The Balaban J connectivity index is 2.10. The average molecular weight is 243 g/mol. The van der Waals surface area contributed by atoms with Crippen molar-refractivity contribution in [2.24, 2.45) is 0 Å². The van der Waals surface area contributed by atoms with Crippen LogP contribution in [0.3, 0.4) is 0 Å². The zero-order valence-corrected chi connectivity index (χ0v) is 10.4. The molecule has 0 saturated heterocycles. The number of hydrogen-bond donors (Lipinski definition) is 2. The highest BCUT2D eigenvalue weighted by Crippen LogP contribution is 2.00. The summed E-state index contributed by atoms with van der Waals surface area (Å²) in [6.07, 6.45) is 0.932. The minimum absolute atomic E-state index is 0.577. The van der Waals surface area contributed by atoms with E-state index in [0.717, 1.165) is 31.0 Å². The molecule has 0 aliphatic rings. The highest BCUT2D eigenvalue weighted by molar-refractivity contribution is 7.80. The molecule has 0 aliphatic heterocycles. The van der Waals surface area contributed by atoms with Gasteiger partial charge in [0.25, 0.3) is 0 Å². The van der Waals surface area contributed by atoms with E-state index in [1.807, 2.05) is 13.0 Å². The Hall–Kier alpha value is -1.14. The molecule has 1 rings (SSSR count). The molecule has 0 spiro atoms. The topological polar surface area (TPSA) is 59.3 Å². The van der Waals surface area contributed by atoms with E-state index < -0.39 is 0 Å². The number of rotatable bonds is 6. The lowest BCUT2D eigenvalue weighted by molar-refractivity contribution is 0.195. The van der Waals surface area contributed by atoms with Crippen molar-refractivity contribution in [3.63, 3.8) is 0 Å². The van der Waals surface area contributed by atoms with Crippen molar-refractivity contribution in [3.8, 4) is 0 Å².